The fourth-order valence-corrected chi connectivity index (χ4v) is 2.33. The van der Waals surface area contributed by atoms with Crippen LogP contribution in [0.3, 0.4) is 0 Å². The van der Waals surface area contributed by atoms with Crippen LogP contribution in [-0.2, 0) is 6.54 Å². The van der Waals surface area contributed by atoms with Crippen molar-refractivity contribution in [3.8, 4) is 0 Å². The monoisotopic (exact) mass is 328 g/mol. The summed E-state index contributed by atoms with van der Waals surface area (Å²) >= 11 is 3.39. The molecule has 0 spiro atoms. The molecule has 0 aliphatic carbocycles. The van der Waals surface area contributed by atoms with Crippen molar-refractivity contribution in [3.05, 3.63) is 34.3 Å². The van der Waals surface area contributed by atoms with E-state index in [0.717, 1.165) is 22.9 Å². The lowest BCUT2D eigenvalue weighted by Gasteiger charge is -2.28. The Morgan fingerprint density at radius 2 is 2.21 bits per heavy atom. The minimum atomic E-state index is -0.559. The molecule has 19 heavy (non-hydrogen) atoms. The second kappa shape index (κ2) is 7.50. The van der Waals surface area contributed by atoms with E-state index in [2.05, 4.69) is 26.6 Å². The van der Waals surface area contributed by atoms with E-state index in [0.29, 0.717) is 6.54 Å². The normalized spacial score (nSPS) is 13.7. The van der Waals surface area contributed by atoms with E-state index in [4.69, 9.17) is 0 Å². The summed E-state index contributed by atoms with van der Waals surface area (Å²) in [6.07, 6.45) is 1.65. The summed E-state index contributed by atoms with van der Waals surface area (Å²) in [6.45, 7) is 4.26. The van der Waals surface area contributed by atoms with Gasteiger partial charge in [-0.15, -0.1) is 0 Å². The first-order valence-electron chi connectivity index (χ1n) is 6.40. The second-order valence-electron chi connectivity index (χ2n) is 4.91. The predicted octanol–water partition coefficient (Wildman–Crippen LogP) is 2.80. The fraction of sp³-hybridized carbons (Fsp3) is 0.500. The van der Waals surface area contributed by atoms with Crippen LogP contribution in [0.4, 0.5) is 4.79 Å². The lowest BCUT2D eigenvalue weighted by Crippen LogP contribution is -2.52. The number of aliphatic hydroxyl groups excluding tert-OH is 1. The molecule has 0 aromatic heterocycles. The van der Waals surface area contributed by atoms with Crippen molar-refractivity contribution in [2.75, 3.05) is 6.61 Å². The molecule has 3 N–H and O–H groups in total. The number of hydrogen-bond donors (Lipinski definition) is 3. The third-order valence-corrected chi connectivity index (χ3v) is 3.40. The number of halogens is 1. The molecule has 0 heterocycles. The number of rotatable bonds is 6. The molecule has 0 aliphatic heterocycles. The Kier molecular flexibility index (Phi) is 6.31. The van der Waals surface area contributed by atoms with E-state index in [1.54, 1.807) is 0 Å². The summed E-state index contributed by atoms with van der Waals surface area (Å²) in [5.74, 6) is 0. The van der Waals surface area contributed by atoms with Crippen molar-refractivity contribution in [1.82, 2.24) is 10.6 Å². The standard InChI is InChI=1S/C14H21BrN2O2/c1-3-7-14(2,10-18)17-13(19)16-9-11-5-4-6-12(15)8-11/h4-6,8,18H,3,7,9-10H2,1-2H3,(H2,16,17,19). The summed E-state index contributed by atoms with van der Waals surface area (Å²) in [5, 5.41) is 14.9. The molecule has 0 bridgehead atoms. The van der Waals surface area contributed by atoms with Crippen LogP contribution in [0.2, 0.25) is 0 Å². The van der Waals surface area contributed by atoms with Gasteiger partial charge < -0.3 is 15.7 Å². The van der Waals surface area contributed by atoms with Crippen LogP contribution < -0.4 is 10.6 Å². The molecule has 0 saturated carbocycles. The van der Waals surface area contributed by atoms with Crippen LogP contribution in [0.5, 0.6) is 0 Å². The van der Waals surface area contributed by atoms with Crippen LogP contribution in [-0.4, -0.2) is 23.3 Å². The van der Waals surface area contributed by atoms with Gasteiger partial charge in [-0.3, -0.25) is 0 Å². The zero-order chi connectivity index (χ0) is 14.3. The fourth-order valence-electron chi connectivity index (χ4n) is 1.88. The predicted molar refractivity (Wildman–Crippen MR) is 79.9 cm³/mol. The zero-order valence-electron chi connectivity index (χ0n) is 11.4. The van der Waals surface area contributed by atoms with Crippen molar-refractivity contribution in [2.45, 2.75) is 38.8 Å². The highest BCUT2D eigenvalue weighted by molar-refractivity contribution is 9.10. The Labute approximate surface area is 122 Å². The first-order valence-corrected chi connectivity index (χ1v) is 7.20. The average Bonchev–Trinajstić information content (AvgIpc) is 2.37. The molecular weight excluding hydrogens is 308 g/mol. The third kappa shape index (κ3) is 5.61. The summed E-state index contributed by atoms with van der Waals surface area (Å²) in [5.41, 5.74) is 0.460. The van der Waals surface area contributed by atoms with Gasteiger partial charge in [0.15, 0.2) is 0 Å². The maximum Gasteiger partial charge on any atom is 0.315 e. The van der Waals surface area contributed by atoms with Gasteiger partial charge in [0, 0.05) is 11.0 Å². The second-order valence-corrected chi connectivity index (χ2v) is 5.82. The van der Waals surface area contributed by atoms with Gasteiger partial charge in [-0.2, -0.15) is 0 Å². The van der Waals surface area contributed by atoms with Crippen LogP contribution in [0.1, 0.15) is 32.3 Å². The van der Waals surface area contributed by atoms with Crippen LogP contribution in [0.15, 0.2) is 28.7 Å². The van der Waals surface area contributed by atoms with E-state index in [9.17, 15) is 9.90 Å². The molecule has 4 nitrogen and oxygen atoms in total. The van der Waals surface area contributed by atoms with E-state index in [1.165, 1.54) is 0 Å². The molecule has 5 heteroatoms. The molecule has 1 rings (SSSR count). The van der Waals surface area contributed by atoms with Gasteiger partial charge in [-0.25, -0.2) is 4.79 Å². The van der Waals surface area contributed by atoms with Gasteiger partial charge in [0.25, 0.3) is 0 Å². The summed E-state index contributed by atoms with van der Waals surface area (Å²) < 4.78 is 0.985. The SMILES string of the molecule is CCCC(C)(CO)NC(=O)NCc1cccc(Br)c1. The lowest BCUT2D eigenvalue weighted by atomic mass is 9.98. The van der Waals surface area contributed by atoms with Gasteiger partial charge in [-0.05, 0) is 31.0 Å². The smallest absolute Gasteiger partial charge is 0.315 e. The van der Waals surface area contributed by atoms with Gasteiger partial charge in [0.05, 0.1) is 12.1 Å². The minimum absolute atomic E-state index is 0.0643. The number of carbonyl (C=O) groups is 1. The summed E-state index contributed by atoms with van der Waals surface area (Å²) in [4.78, 5) is 11.8. The van der Waals surface area contributed by atoms with E-state index < -0.39 is 5.54 Å². The first kappa shape index (κ1) is 16.0. The molecule has 0 radical (unpaired) electrons. The van der Waals surface area contributed by atoms with E-state index >= 15 is 0 Å². The molecule has 1 atom stereocenters. The topological polar surface area (TPSA) is 61.4 Å². The van der Waals surface area contributed by atoms with E-state index in [-0.39, 0.29) is 12.6 Å². The van der Waals surface area contributed by atoms with Crippen molar-refractivity contribution in [1.29, 1.82) is 0 Å². The van der Waals surface area contributed by atoms with Crippen LogP contribution >= 0.6 is 15.9 Å². The van der Waals surface area contributed by atoms with Crippen molar-refractivity contribution in [2.24, 2.45) is 0 Å². The molecule has 0 fully saturated rings. The van der Waals surface area contributed by atoms with Gasteiger partial charge in [0.1, 0.15) is 0 Å². The summed E-state index contributed by atoms with van der Waals surface area (Å²) in [6, 6.07) is 7.51. The number of amides is 2. The Bertz CT molecular complexity index is 426. The number of benzene rings is 1. The van der Waals surface area contributed by atoms with Crippen LogP contribution in [0, 0.1) is 0 Å². The van der Waals surface area contributed by atoms with Crippen molar-refractivity contribution in [3.63, 3.8) is 0 Å². The quantitative estimate of drug-likeness (QED) is 0.752. The summed E-state index contributed by atoms with van der Waals surface area (Å²) in [7, 11) is 0. The number of nitrogens with one attached hydrogen (secondary N) is 2. The Morgan fingerprint density at radius 3 is 2.79 bits per heavy atom. The number of urea groups is 1. The maximum absolute atomic E-state index is 11.8. The van der Waals surface area contributed by atoms with Crippen molar-refractivity contribution < 1.29 is 9.90 Å². The highest BCUT2D eigenvalue weighted by Crippen LogP contribution is 2.12. The lowest BCUT2D eigenvalue weighted by molar-refractivity contribution is 0.163. The molecule has 1 aromatic carbocycles. The molecule has 1 unspecified atom stereocenters. The zero-order valence-corrected chi connectivity index (χ0v) is 13.0. The molecule has 2 amide bonds. The maximum atomic E-state index is 11.8. The van der Waals surface area contributed by atoms with E-state index in [1.807, 2.05) is 38.1 Å². The molecule has 106 valence electrons. The molecule has 0 saturated heterocycles. The minimum Gasteiger partial charge on any atom is -0.394 e. The molecule has 1 aromatic rings. The highest BCUT2D eigenvalue weighted by atomic mass is 79.9. The number of aliphatic hydroxyl groups is 1. The molecular formula is C14H21BrN2O2. The third-order valence-electron chi connectivity index (χ3n) is 2.91. The van der Waals surface area contributed by atoms with Gasteiger partial charge >= 0.3 is 6.03 Å². The van der Waals surface area contributed by atoms with Gasteiger partial charge in [0.2, 0.25) is 0 Å². The number of hydrogen-bond acceptors (Lipinski definition) is 2. The number of carbonyl (C=O) groups excluding carboxylic acids is 1. The largest absolute Gasteiger partial charge is 0.394 e. The first-order chi connectivity index (χ1) is 8.99. The van der Waals surface area contributed by atoms with Crippen molar-refractivity contribution >= 4 is 22.0 Å². The Morgan fingerprint density at radius 1 is 1.47 bits per heavy atom. The van der Waals surface area contributed by atoms with Gasteiger partial charge in [-0.1, -0.05) is 41.4 Å². The van der Waals surface area contributed by atoms with Crippen LogP contribution in [0.25, 0.3) is 0 Å². The highest BCUT2D eigenvalue weighted by Gasteiger charge is 2.24. The Balaban J connectivity index is 2.47. The Hall–Kier alpha value is -1.07. The average molecular weight is 329 g/mol. The molecule has 0 aliphatic rings.